The second-order valence-corrected chi connectivity index (χ2v) is 6.16. The predicted octanol–water partition coefficient (Wildman–Crippen LogP) is 1.22. The molecule has 0 unspecified atom stereocenters. The van der Waals surface area contributed by atoms with Gasteiger partial charge in [0.15, 0.2) is 0 Å². The van der Waals surface area contributed by atoms with Gasteiger partial charge >= 0.3 is 12.0 Å². The van der Waals surface area contributed by atoms with E-state index in [9.17, 15) is 9.59 Å². The Morgan fingerprint density at radius 1 is 1.20 bits per heavy atom. The van der Waals surface area contributed by atoms with E-state index in [2.05, 4.69) is 10.2 Å². The lowest BCUT2D eigenvalue weighted by atomic mass is 9.66. The summed E-state index contributed by atoms with van der Waals surface area (Å²) in [7, 11) is 5.79. The highest BCUT2D eigenvalue weighted by molar-refractivity contribution is 5.74. The van der Waals surface area contributed by atoms with Crippen LogP contribution < -0.4 is 5.32 Å². The number of hydrogen-bond donors (Lipinski definition) is 2. The minimum absolute atomic E-state index is 0.111. The number of carboxylic acid groups (broad SMARTS) is 1. The maximum atomic E-state index is 11.9. The van der Waals surface area contributed by atoms with Crippen molar-refractivity contribution in [1.82, 2.24) is 15.1 Å². The summed E-state index contributed by atoms with van der Waals surface area (Å²) >= 11 is 0. The lowest BCUT2D eigenvalue weighted by molar-refractivity contribution is -0.141. The maximum Gasteiger partial charge on any atom is 0.317 e. The Morgan fingerprint density at radius 2 is 1.85 bits per heavy atom. The first-order chi connectivity index (χ1) is 9.34. The Bertz CT molecular complexity index is 341. The largest absolute Gasteiger partial charge is 0.481 e. The first-order valence-corrected chi connectivity index (χ1v) is 7.20. The molecule has 6 heteroatoms. The van der Waals surface area contributed by atoms with Crippen LogP contribution in [0.1, 0.15) is 32.1 Å². The van der Waals surface area contributed by atoms with Gasteiger partial charge in [0.2, 0.25) is 0 Å². The number of carboxylic acids is 1. The zero-order valence-electron chi connectivity index (χ0n) is 12.8. The number of amides is 2. The second kappa shape index (κ2) is 7.47. The quantitative estimate of drug-likeness (QED) is 0.703. The minimum Gasteiger partial charge on any atom is -0.481 e. The number of hydrogen-bond acceptors (Lipinski definition) is 3. The summed E-state index contributed by atoms with van der Waals surface area (Å²) in [6.07, 6.45) is 3.92. The standard InChI is InChI=1S/C14H27N3O3/c1-16(2)8-5-9-17(3)13(20)15-11-14(6-4-7-14)10-12(18)19/h4-11H2,1-3H3,(H,15,20)(H,18,19). The topological polar surface area (TPSA) is 72.9 Å². The van der Waals surface area contributed by atoms with E-state index in [1.165, 1.54) is 0 Å². The molecule has 0 aliphatic heterocycles. The molecule has 0 atom stereocenters. The molecule has 2 N–H and O–H groups in total. The van der Waals surface area contributed by atoms with Gasteiger partial charge in [-0.15, -0.1) is 0 Å². The Hall–Kier alpha value is -1.30. The molecule has 116 valence electrons. The Labute approximate surface area is 121 Å². The van der Waals surface area contributed by atoms with Crippen molar-refractivity contribution >= 4 is 12.0 Å². The van der Waals surface area contributed by atoms with Gasteiger partial charge in [0.05, 0.1) is 6.42 Å². The first-order valence-electron chi connectivity index (χ1n) is 7.20. The Morgan fingerprint density at radius 3 is 2.30 bits per heavy atom. The number of carbonyl (C=O) groups excluding carboxylic acids is 1. The molecule has 0 aromatic carbocycles. The summed E-state index contributed by atoms with van der Waals surface area (Å²) in [5.41, 5.74) is -0.216. The lowest BCUT2D eigenvalue weighted by Gasteiger charge is -2.41. The monoisotopic (exact) mass is 285 g/mol. The van der Waals surface area contributed by atoms with E-state index in [1.54, 1.807) is 11.9 Å². The number of nitrogens with one attached hydrogen (secondary N) is 1. The third kappa shape index (κ3) is 5.36. The van der Waals surface area contributed by atoms with Gasteiger partial charge in [0.25, 0.3) is 0 Å². The Kier molecular flexibility index (Phi) is 6.26. The van der Waals surface area contributed by atoms with Crippen molar-refractivity contribution in [3.8, 4) is 0 Å². The van der Waals surface area contributed by atoms with Crippen LogP contribution in [0.4, 0.5) is 4.79 Å². The van der Waals surface area contributed by atoms with E-state index in [1.807, 2.05) is 14.1 Å². The van der Waals surface area contributed by atoms with Gasteiger partial charge in [-0.1, -0.05) is 6.42 Å². The van der Waals surface area contributed by atoms with Crippen LogP contribution in [0.2, 0.25) is 0 Å². The number of urea groups is 1. The fourth-order valence-electron chi connectivity index (χ4n) is 2.54. The molecule has 1 rings (SSSR count). The van der Waals surface area contributed by atoms with Crippen molar-refractivity contribution in [2.24, 2.45) is 5.41 Å². The number of nitrogens with zero attached hydrogens (tertiary/aromatic N) is 2. The molecule has 0 heterocycles. The van der Waals surface area contributed by atoms with Crippen LogP contribution in [0, 0.1) is 5.41 Å². The van der Waals surface area contributed by atoms with Gasteiger partial charge < -0.3 is 20.2 Å². The molecular weight excluding hydrogens is 258 g/mol. The molecule has 0 aromatic rings. The van der Waals surface area contributed by atoms with E-state index < -0.39 is 5.97 Å². The van der Waals surface area contributed by atoms with Crippen LogP contribution in [-0.2, 0) is 4.79 Å². The van der Waals surface area contributed by atoms with Crippen molar-refractivity contribution in [2.75, 3.05) is 40.8 Å². The van der Waals surface area contributed by atoms with E-state index >= 15 is 0 Å². The molecule has 1 fully saturated rings. The molecule has 0 spiro atoms. The highest BCUT2D eigenvalue weighted by atomic mass is 16.4. The summed E-state index contributed by atoms with van der Waals surface area (Å²) in [6, 6.07) is -0.111. The number of carbonyl (C=O) groups is 2. The molecule has 1 aliphatic carbocycles. The fourth-order valence-corrected chi connectivity index (χ4v) is 2.54. The van der Waals surface area contributed by atoms with Crippen LogP contribution in [0.15, 0.2) is 0 Å². The fraction of sp³-hybridized carbons (Fsp3) is 0.857. The zero-order valence-corrected chi connectivity index (χ0v) is 12.8. The summed E-state index contributed by atoms with van der Waals surface area (Å²) in [4.78, 5) is 26.6. The van der Waals surface area contributed by atoms with E-state index in [0.717, 1.165) is 32.2 Å². The van der Waals surface area contributed by atoms with Crippen LogP contribution in [0.5, 0.6) is 0 Å². The molecule has 0 saturated heterocycles. The molecule has 0 aromatic heterocycles. The Balaban J connectivity index is 2.29. The number of rotatable bonds is 8. The normalized spacial score (nSPS) is 16.6. The minimum atomic E-state index is -0.779. The highest BCUT2D eigenvalue weighted by Gasteiger charge is 2.39. The van der Waals surface area contributed by atoms with E-state index in [0.29, 0.717) is 13.1 Å². The van der Waals surface area contributed by atoms with Gasteiger partial charge in [-0.25, -0.2) is 4.79 Å². The highest BCUT2D eigenvalue weighted by Crippen LogP contribution is 2.43. The van der Waals surface area contributed by atoms with Gasteiger partial charge in [-0.05, 0) is 45.3 Å². The third-order valence-electron chi connectivity index (χ3n) is 4.00. The van der Waals surface area contributed by atoms with Crippen molar-refractivity contribution in [2.45, 2.75) is 32.1 Å². The zero-order chi connectivity index (χ0) is 15.2. The summed E-state index contributed by atoms with van der Waals surface area (Å²) < 4.78 is 0. The summed E-state index contributed by atoms with van der Waals surface area (Å²) in [5, 5.41) is 11.8. The van der Waals surface area contributed by atoms with Gasteiger partial charge in [-0.3, -0.25) is 4.79 Å². The molecule has 20 heavy (non-hydrogen) atoms. The van der Waals surface area contributed by atoms with Crippen LogP contribution in [0.3, 0.4) is 0 Å². The smallest absolute Gasteiger partial charge is 0.317 e. The molecule has 2 amide bonds. The molecule has 0 radical (unpaired) electrons. The third-order valence-corrected chi connectivity index (χ3v) is 4.00. The van der Waals surface area contributed by atoms with Gasteiger partial charge in [-0.2, -0.15) is 0 Å². The van der Waals surface area contributed by atoms with E-state index in [-0.39, 0.29) is 17.9 Å². The van der Waals surface area contributed by atoms with Gasteiger partial charge in [0.1, 0.15) is 0 Å². The van der Waals surface area contributed by atoms with Crippen molar-refractivity contribution in [3.05, 3.63) is 0 Å². The molecular formula is C14H27N3O3. The van der Waals surface area contributed by atoms with Crippen molar-refractivity contribution in [3.63, 3.8) is 0 Å². The molecule has 0 bridgehead atoms. The van der Waals surface area contributed by atoms with Crippen molar-refractivity contribution < 1.29 is 14.7 Å². The average molecular weight is 285 g/mol. The average Bonchev–Trinajstić information content (AvgIpc) is 2.30. The predicted molar refractivity (Wildman–Crippen MR) is 77.7 cm³/mol. The first kappa shape index (κ1) is 16.8. The molecule has 1 aliphatic rings. The lowest BCUT2D eigenvalue weighted by Crippen LogP contribution is -2.47. The summed E-state index contributed by atoms with van der Waals surface area (Å²) in [5.74, 6) is -0.779. The van der Waals surface area contributed by atoms with Crippen molar-refractivity contribution in [1.29, 1.82) is 0 Å². The molecule has 1 saturated carbocycles. The maximum absolute atomic E-state index is 11.9. The van der Waals surface area contributed by atoms with E-state index in [4.69, 9.17) is 5.11 Å². The number of aliphatic carboxylic acids is 1. The second-order valence-electron chi connectivity index (χ2n) is 6.16. The molecule has 6 nitrogen and oxygen atoms in total. The summed E-state index contributed by atoms with van der Waals surface area (Å²) in [6.45, 7) is 2.12. The van der Waals surface area contributed by atoms with Crippen LogP contribution in [0.25, 0.3) is 0 Å². The SMILES string of the molecule is CN(C)CCCN(C)C(=O)NCC1(CC(=O)O)CCC1. The van der Waals surface area contributed by atoms with Crippen LogP contribution >= 0.6 is 0 Å². The van der Waals surface area contributed by atoms with Gasteiger partial charge in [0, 0.05) is 20.1 Å². The van der Waals surface area contributed by atoms with Crippen LogP contribution in [-0.4, -0.2) is 67.7 Å².